The van der Waals surface area contributed by atoms with Gasteiger partial charge < -0.3 is 4.52 Å². The Hall–Kier alpha value is -1.92. The molecule has 0 amide bonds. The van der Waals surface area contributed by atoms with Crippen molar-refractivity contribution in [3.63, 3.8) is 0 Å². The molecule has 2 aromatic heterocycles. The van der Waals surface area contributed by atoms with Gasteiger partial charge in [-0.25, -0.2) is 9.37 Å². The molecule has 0 saturated carbocycles. The van der Waals surface area contributed by atoms with Gasteiger partial charge in [0.25, 0.3) is 0 Å². The molecule has 3 aromatic rings. The Balaban J connectivity index is 1.52. The predicted molar refractivity (Wildman–Crippen MR) is 92.7 cm³/mol. The Bertz CT molecular complexity index is 823. The maximum Gasteiger partial charge on any atom is 0.226 e. The van der Waals surface area contributed by atoms with Gasteiger partial charge in [-0.05, 0) is 42.9 Å². The lowest BCUT2D eigenvalue weighted by atomic mass is 10.1. The molecule has 0 unspecified atom stereocenters. The number of hydrogen-bond acceptors (Lipinski definition) is 5. The molecule has 3 rings (SSSR count). The van der Waals surface area contributed by atoms with Crippen LogP contribution in [0.1, 0.15) is 17.9 Å². The summed E-state index contributed by atoms with van der Waals surface area (Å²) >= 11 is 7.45. The van der Waals surface area contributed by atoms with Gasteiger partial charge in [0, 0.05) is 18.2 Å². The minimum absolute atomic E-state index is 0.272. The maximum absolute atomic E-state index is 13.6. The average Bonchev–Trinajstić information content (AvgIpc) is 3.05. The van der Waals surface area contributed by atoms with E-state index in [1.807, 2.05) is 12.1 Å². The fourth-order valence-corrected chi connectivity index (χ4v) is 2.95. The first-order chi connectivity index (χ1) is 11.6. The van der Waals surface area contributed by atoms with Crippen LogP contribution in [0, 0.1) is 12.7 Å². The highest BCUT2D eigenvalue weighted by atomic mass is 35.5. The maximum atomic E-state index is 13.6. The first-order valence-corrected chi connectivity index (χ1v) is 8.81. The highest BCUT2D eigenvalue weighted by molar-refractivity contribution is 7.99. The molecular weight excluding hydrogens is 349 g/mol. The number of aryl methyl sites for hydroxylation is 2. The zero-order valence-corrected chi connectivity index (χ0v) is 14.6. The van der Waals surface area contributed by atoms with Crippen molar-refractivity contribution in [3.05, 3.63) is 58.8 Å². The number of benzene rings is 1. The van der Waals surface area contributed by atoms with Crippen molar-refractivity contribution < 1.29 is 8.91 Å². The molecule has 0 aliphatic carbocycles. The summed E-state index contributed by atoms with van der Waals surface area (Å²) in [6, 6.07) is 8.63. The summed E-state index contributed by atoms with van der Waals surface area (Å²) in [4.78, 5) is 8.55. The van der Waals surface area contributed by atoms with Gasteiger partial charge in [-0.15, -0.1) is 11.8 Å². The summed E-state index contributed by atoms with van der Waals surface area (Å²) in [5, 5.41) is 5.48. The van der Waals surface area contributed by atoms with Crippen LogP contribution in [0.15, 0.2) is 46.1 Å². The van der Waals surface area contributed by atoms with Gasteiger partial charge in [-0.3, -0.25) is 0 Å². The molecule has 0 radical (unpaired) electrons. The lowest BCUT2D eigenvalue weighted by Gasteiger charge is -1.99. The SMILES string of the molecule is Cc1ccc(-c2noc(CCCSc3ccc(Cl)cn3)n2)cc1F. The Labute approximate surface area is 148 Å². The molecule has 0 spiro atoms. The van der Waals surface area contributed by atoms with Crippen LogP contribution >= 0.6 is 23.4 Å². The molecule has 0 bridgehead atoms. The topological polar surface area (TPSA) is 51.8 Å². The summed E-state index contributed by atoms with van der Waals surface area (Å²) in [7, 11) is 0. The first-order valence-electron chi connectivity index (χ1n) is 7.45. The van der Waals surface area contributed by atoms with E-state index in [9.17, 15) is 4.39 Å². The lowest BCUT2D eigenvalue weighted by molar-refractivity contribution is 0.378. The molecule has 0 atom stereocenters. The second-order valence-corrected chi connectivity index (χ2v) is 6.79. The van der Waals surface area contributed by atoms with Crippen molar-refractivity contribution in [3.8, 4) is 11.4 Å². The number of aromatic nitrogens is 3. The van der Waals surface area contributed by atoms with E-state index in [1.165, 1.54) is 6.07 Å². The fourth-order valence-electron chi connectivity index (χ4n) is 2.05. The minimum atomic E-state index is -0.272. The number of thioether (sulfide) groups is 1. The molecule has 0 saturated heterocycles. The molecule has 0 aliphatic heterocycles. The second kappa shape index (κ2) is 7.77. The van der Waals surface area contributed by atoms with Crippen LogP contribution in [0.4, 0.5) is 4.39 Å². The van der Waals surface area contributed by atoms with Crippen LogP contribution in [0.3, 0.4) is 0 Å². The quantitative estimate of drug-likeness (QED) is 0.457. The number of halogens is 2. The van der Waals surface area contributed by atoms with Crippen molar-refractivity contribution in [2.75, 3.05) is 5.75 Å². The molecule has 1 aromatic carbocycles. The van der Waals surface area contributed by atoms with Gasteiger partial charge in [0.2, 0.25) is 11.7 Å². The van der Waals surface area contributed by atoms with Gasteiger partial charge in [0.15, 0.2) is 0 Å². The van der Waals surface area contributed by atoms with Crippen LogP contribution < -0.4 is 0 Å². The standard InChI is InChI=1S/C17H15ClFN3OS/c1-11-4-5-12(9-14(11)19)17-21-15(23-22-17)3-2-8-24-16-7-6-13(18)10-20-16/h4-7,9-10H,2-3,8H2,1H3. The Morgan fingerprint density at radius 3 is 2.88 bits per heavy atom. The predicted octanol–water partition coefficient (Wildman–Crippen LogP) is 4.96. The second-order valence-electron chi connectivity index (χ2n) is 5.24. The summed E-state index contributed by atoms with van der Waals surface area (Å²) in [5.41, 5.74) is 1.21. The third-order valence-electron chi connectivity index (χ3n) is 3.38. The van der Waals surface area contributed by atoms with E-state index in [-0.39, 0.29) is 5.82 Å². The number of nitrogens with zero attached hydrogens (tertiary/aromatic N) is 3. The van der Waals surface area contributed by atoms with Crippen LogP contribution in [0.5, 0.6) is 0 Å². The molecule has 0 aliphatic rings. The molecule has 2 heterocycles. The molecule has 124 valence electrons. The van der Waals surface area contributed by atoms with Gasteiger partial charge in [0.05, 0.1) is 10.0 Å². The van der Waals surface area contributed by atoms with Crippen LogP contribution in [-0.4, -0.2) is 20.9 Å². The zero-order chi connectivity index (χ0) is 16.9. The monoisotopic (exact) mass is 363 g/mol. The van der Waals surface area contributed by atoms with Crippen LogP contribution in [-0.2, 0) is 6.42 Å². The van der Waals surface area contributed by atoms with Crippen LogP contribution in [0.25, 0.3) is 11.4 Å². The van der Waals surface area contributed by atoms with Gasteiger partial charge in [-0.1, -0.05) is 28.9 Å². The zero-order valence-electron chi connectivity index (χ0n) is 13.0. The highest BCUT2D eigenvalue weighted by Crippen LogP contribution is 2.21. The third kappa shape index (κ3) is 4.33. The molecule has 0 fully saturated rings. The number of rotatable bonds is 6. The fraction of sp³-hybridized carbons (Fsp3) is 0.235. The molecular formula is C17H15ClFN3OS. The van der Waals surface area contributed by atoms with Crippen molar-refractivity contribution >= 4 is 23.4 Å². The van der Waals surface area contributed by atoms with E-state index in [1.54, 1.807) is 37.0 Å². The summed E-state index contributed by atoms with van der Waals surface area (Å²) in [6.07, 6.45) is 3.18. The van der Waals surface area contributed by atoms with Gasteiger partial charge in [-0.2, -0.15) is 4.98 Å². The smallest absolute Gasteiger partial charge is 0.226 e. The molecule has 7 heteroatoms. The average molecular weight is 364 g/mol. The van der Waals surface area contributed by atoms with E-state index in [0.717, 1.165) is 17.2 Å². The molecule has 0 N–H and O–H groups in total. The van der Waals surface area contributed by atoms with Crippen molar-refractivity contribution in [1.82, 2.24) is 15.1 Å². The Morgan fingerprint density at radius 2 is 2.12 bits per heavy atom. The normalized spacial score (nSPS) is 11.0. The van der Waals surface area contributed by atoms with Gasteiger partial charge >= 0.3 is 0 Å². The van der Waals surface area contributed by atoms with E-state index in [4.69, 9.17) is 16.1 Å². The van der Waals surface area contributed by atoms with E-state index in [2.05, 4.69) is 15.1 Å². The largest absolute Gasteiger partial charge is 0.339 e. The van der Waals surface area contributed by atoms with E-state index < -0.39 is 0 Å². The van der Waals surface area contributed by atoms with Crippen molar-refractivity contribution in [2.45, 2.75) is 24.8 Å². The minimum Gasteiger partial charge on any atom is -0.339 e. The van der Waals surface area contributed by atoms with Crippen molar-refractivity contribution in [1.29, 1.82) is 0 Å². The third-order valence-corrected chi connectivity index (χ3v) is 4.64. The summed E-state index contributed by atoms with van der Waals surface area (Å²) in [6.45, 7) is 1.72. The Kier molecular flexibility index (Phi) is 5.48. The van der Waals surface area contributed by atoms with Gasteiger partial charge in [0.1, 0.15) is 5.82 Å². The van der Waals surface area contributed by atoms with E-state index >= 15 is 0 Å². The number of pyridine rings is 1. The Morgan fingerprint density at radius 1 is 1.25 bits per heavy atom. The van der Waals surface area contributed by atoms with Crippen molar-refractivity contribution in [2.24, 2.45) is 0 Å². The van der Waals surface area contributed by atoms with E-state index in [0.29, 0.717) is 34.3 Å². The first kappa shape index (κ1) is 16.9. The molecule has 4 nitrogen and oxygen atoms in total. The summed E-state index contributed by atoms with van der Waals surface area (Å²) < 4.78 is 18.8. The summed E-state index contributed by atoms with van der Waals surface area (Å²) in [5.74, 6) is 1.57. The number of hydrogen-bond donors (Lipinski definition) is 0. The molecule has 24 heavy (non-hydrogen) atoms. The lowest BCUT2D eigenvalue weighted by Crippen LogP contribution is -1.90. The van der Waals surface area contributed by atoms with Crippen LogP contribution in [0.2, 0.25) is 5.02 Å². The highest BCUT2D eigenvalue weighted by Gasteiger charge is 2.10.